The maximum atomic E-state index is 12.1. The van der Waals surface area contributed by atoms with E-state index >= 15 is 0 Å². The molecular weight excluding hydrogens is 508 g/mol. The Morgan fingerprint density at radius 1 is 1.24 bits per heavy atom. The van der Waals surface area contributed by atoms with Crippen molar-refractivity contribution in [1.29, 1.82) is 0 Å². The quantitative estimate of drug-likeness (QED) is 0.267. The van der Waals surface area contributed by atoms with E-state index < -0.39 is 0 Å². The average molecular weight is 541 g/mol. The van der Waals surface area contributed by atoms with E-state index in [1.54, 1.807) is 32.0 Å². The molecule has 2 atom stereocenters. The molecule has 2 fully saturated rings. The number of nitrogens with zero attached hydrogens (tertiary/aromatic N) is 5. The van der Waals surface area contributed by atoms with Gasteiger partial charge in [0.05, 0.1) is 12.3 Å². The van der Waals surface area contributed by atoms with Gasteiger partial charge in [0, 0.05) is 66.6 Å². The molecular formula is C26H32N6O3S2. The van der Waals surface area contributed by atoms with Crippen molar-refractivity contribution in [2.45, 2.75) is 68.8 Å². The lowest BCUT2D eigenvalue weighted by Gasteiger charge is -2.37. The highest BCUT2D eigenvalue weighted by atomic mass is 32.2. The molecule has 11 heteroatoms. The summed E-state index contributed by atoms with van der Waals surface area (Å²) in [6, 6.07) is 6.38. The van der Waals surface area contributed by atoms with Crippen molar-refractivity contribution in [2.75, 3.05) is 24.8 Å². The molecule has 0 aromatic carbocycles. The molecule has 3 aromatic rings. The first-order valence-electron chi connectivity index (χ1n) is 12.7. The summed E-state index contributed by atoms with van der Waals surface area (Å²) < 4.78 is 16.2. The first-order chi connectivity index (χ1) is 18.1. The van der Waals surface area contributed by atoms with Crippen LogP contribution in [0.15, 0.2) is 35.5 Å². The molecule has 0 radical (unpaired) electrons. The van der Waals surface area contributed by atoms with Gasteiger partial charge in [-0.1, -0.05) is 6.92 Å². The lowest BCUT2D eigenvalue weighted by atomic mass is 9.90. The van der Waals surface area contributed by atoms with E-state index in [0.29, 0.717) is 41.1 Å². The second kappa shape index (κ2) is 11.7. The molecule has 5 rings (SSSR count). The third-order valence-corrected chi connectivity index (χ3v) is 8.49. The van der Waals surface area contributed by atoms with Crippen LogP contribution in [0.4, 0.5) is 10.9 Å². The zero-order valence-electron chi connectivity index (χ0n) is 21.3. The monoisotopic (exact) mass is 540 g/mol. The summed E-state index contributed by atoms with van der Waals surface area (Å²) in [7, 11) is 1.70. The number of thioether (sulfide) groups is 1. The molecule has 2 bridgehead atoms. The standard InChI is InChI=1S/C26H32N6O3S2/c1-4-21-22(6-5-9-27-21)35-23-14-20(36-11-10-34-3)15-28-25(23)30-26-29-24(31-37-26)17-12-18-7-8-19(13-17)32(18)16(2)33/h5-6,9,14-15,17-19H,4,7-8,10-13H2,1-3H3,(H,28,29,30,31). The van der Waals surface area contributed by atoms with Crippen LogP contribution in [0.1, 0.15) is 57.0 Å². The number of rotatable bonds is 10. The van der Waals surface area contributed by atoms with Crippen LogP contribution in [0.3, 0.4) is 0 Å². The van der Waals surface area contributed by atoms with Gasteiger partial charge in [-0.25, -0.2) is 9.97 Å². The van der Waals surface area contributed by atoms with Gasteiger partial charge < -0.3 is 19.7 Å². The van der Waals surface area contributed by atoms with Gasteiger partial charge in [-0.05, 0) is 50.3 Å². The van der Waals surface area contributed by atoms with E-state index in [-0.39, 0.29) is 11.8 Å². The third-order valence-electron chi connectivity index (χ3n) is 6.92. The molecule has 2 aliphatic rings. The minimum Gasteiger partial charge on any atom is -0.452 e. The van der Waals surface area contributed by atoms with Crippen LogP contribution in [0.5, 0.6) is 11.5 Å². The fourth-order valence-corrected chi connectivity index (χ4v) is 6.72. The van der Waals surface area contributed by atoms with Crippen LogP contribution in [0.2, 0.25) is 0 Å². The number of carbonyl (C=O) groups excluding carboxylic acids is 1. The third kappa shape index (κ3) is 5.89. The van der Waals surface area contributed by atoms with E-state index in [9.17, 15) is 4.79 Å². The number of ether oxygens (including phenoxy) is 2. The molecule has 5 heterocycles. The van der Waals surface area contributed by atoms with Crippen LogP contribution in [-0.2, 0) is 16.0 Å². The normalized spacial score (nSPS) is 20.7. The highest BCUT2D eigenvalue weighted by Crippen LogP contribution is 2.43. The Kier molecular flexibility index (Phi) is 8.21. The Bertz CT molecular complexity index is 1220. The number of nitrogens with one attached hydrogen (secondary N) is 1. The highest BCUT2D eigenvalue weighted by Gasteiger charge is 2.43. The number of amides is 1. The summed E-state index contributed by atoms with van der Waals surface area (Å²) in [6.07, 6.45) is 8.36. The Balaban J connectivity index is 1.35. The van der Waals surface area contributed by atoms with Crippen LogP contribution in [0.25, 0.3) is 0 Å². The predicted octanol–water partition coefficient (Wildman–Crippen LogP) is 5.42. The molecule has 0 saturated carbocycles. The van der Waals surface area contributed by atoms with Crippen LogP contribution in [0, 0.1) is 0 Å². The summed E-state index contributed by atoms with van der Waals surface area (Å²) in [5.74, 6) is 4.02. The first-order valence-corrected chi connectivity index (χ1v) is 14.4. The van der Waals surface area contributed by atoms with Crippen molar-refractivity contribution in [2.24, 2.45) is 0 Å². The smallest absolute Gasteiger partial charge is 0.219 e. The van der Waals surface area contributed by atoms with Crippen LogP contribution >= 0.6 is 23.3 Å². The molecule has 2 aliphatic heterocycles. The van der Waals surface area contributed by atoms with Gasteiger partial charge in [-0.2, -0.15) is 4.37 Å². The van der Waals surface area contributed by atoms with Crippen molar-refractivity contribution in [1.82, 2.24) is 24.2 Å². The summed E-state index contributed by atoms with van der Waals surface area (Å²) in [6.45, 7) is 4.39. The number of anilines is 2. The number of methoxy groups -OCH3 is 1. The number of aryl methyl sites for hydroxylation is 1. The molecule has 1 amide bonds. The van der Waals surface area contributed by atoms with Gasteiger partial charge in [-0.3, -0.25) is 9.78 Å². The number of hydrogen-bond acceptors (Lipinski definition) is 10. The van der Waals surface area contributed by atoms with Crippen molar-refractivity contribution in [3.8, 4) is 11.5 Å². The minimum atomic E-state index is 0.182. The summed E-state index contributed by atoms with van der Waals surface area (Å²) >= 11 is 2.99. The number of piperidine rings is 1. The maximum Gasteiger partial charge on any atom is 0.219 e. The molecule has 2 unspecified atom stereocenters. The Morgan fingerprint density at radius 2 is 2.05 bits per heavy atom. The summed E-state index contributed by atoms with van der Waals surface area (Å²) in [5.41, 5.74) is 0.885. The summed E-state index contributed by atoms with van der Waals surface area (Å²) in [5, 5.41) is 4.02. The van der Waals surface area contributed by atoms with Gasteiger partial charge >= 0.3 is 0 Å². The molecule has 196 valence electrons. The van der Waals surface area contributed by atoms with Gasteiger partial charge in [0.15, 0.2) is 11.6 Å². The molecule has 0 spiro atoms. The van der Waals surface area contributed by atoms with Gasteiger partial charge in [0.1, 0.15) is 11.6 Å². The zero-order valence-corrected chi connectivity index (χ0v) is 23.0. The number of fused-ring (bicyclic) bond motifs is 2. The van der Waals surface area contributed by atoms with E-state index in [1.807, 2.05) is 24.4 Å². The highest BCUT2D eigenvalue weighted by molar-refractivity contribution is 7.99. The second-order valence-electron chi connectivity index (χ2n) is 9.33. The van der Waals surface area contributed by atoms with Crippen molar-refractivity contribution >= 4 is 40.2 Å². The number of aromatic nitrogens is 4. The summed E-state index contributed by atoms with van der Waals surface area (Å²) in [4.78, 5) is 29.1. The number of hydrogen-bond donors (Lipinski definition) is 1. The first kappa shape index (κ1) is 25.9. The van der Waals surface area contributed by atoms with Gasteiger partial charge in [-0.15, -0.1) is 11.8 Å². The average Bonchev–Trinajstić information content (AvgIpc) is 3.48. The second-order valence-corrected chi connectivity index (χ2v) is 11.2. The minimum absolute atomic E-state index is 0.182. The fourth-order valence-electron chi connectivity index (χ4n) is 5.28. The van der Waals surface area contributed by atoms with Gasteiger partial charge in [0.25, 0.3) is 0 Å². The van der Waals surface area contributed by atoms with E-state index in [4.69, 9.17) is 14.5 Å². The van der Waals surface area contributed by atoms with Crippen molar-refractivity contribution in [3.05, 3.63) is 42.1 Å². The lowest BCUT2D eigenvalue weighted by molar-refractivity contribution is -0.133. The van der Waals surface area contributed by atoms with E-state index in [0.717, 1.165) is 54.3 Å². The van der Waals surface area contributed by atoms with Crippen LogP contribution < -0.4 is 10.1 Å². The molecule has 9 nitrogen and oxygen atoms in total. The topological polar surface area (TPSA) is 102 Å². The lowest BCUT2D eigenvalue weighted by Crippen LogP contribution is -2.45. The van der Waals surface area contributed by atoms with Gasteiger partial charge in [0.2, 0.25) is 11.0 Å². The Morgan fingerprint density at radius 3 is 2.78 bits per heavy atom. The van der Waals surface area contributed by atoms with Crippen LogP contribution in [-0.4, -0.2) is 61.7 Å². The Labute approximate surface area is 225 Å². The molecule has 37 heavy (non-hydrogen) atoms. The van der Waals surface area contributed by atoms with Crippen molar-refractivity contribution < 1.29 is 14.3 Å². The molecule has 0 aliphatic carbocycles. The number of carbonyl (C=O) groups is 1. The molecule has 3 aromatic heterocycles. The van der Waals surface area contributed by atoms with E-state index in [1.165, 1.54) is 11.5 Å². The molecule has 1 N–H and O–H groups in total. The molecule has 2 saturated heterocycles. The van der Waals surface area contributed by atoms with Crippen molar-refractivity contribution in [3.63, 3.8) is 0 Å². The zero-order chi connectivity index (χ0) is 25.8. The maximum absolute atomic E-state index is 12.1. The fraction of sp³-hybridized carbons (Fsp3) is 0.500. The SMILES string of the molecule is CCc1ncccc1Oc1cc(SCCOC)cnc1Nc1nc(C2CC3CCC(C2)N3C(C)=O)ns1. The number of pyridine rings is 2. The van der Waals surface area contributed by atoms with E-state index in [2.05, 4.69) is 31.5 Å². The Hall–Kier alpha value is -2.76. The predicted molar refractivity (Wildman–Crippen MR) is 145 cm³/mol. The largest absolute Gasteiger partial charge is 0.452 e.